The fourth-order valence-corrected chi connectivity index (χ4v) is 5.57. The Morgan fingerprint density at radius 1 is 0.538 bits per heavy atom. The third-order valence-electron chi connectivity index (χ3n) is 8.14. The maximum absolute atomic E-state index is 10.8. The first-order valence-electron chi connectivity index (χ1n) is 17.3. The topological polar surface area (TPSA) is 57.5 Å². The van der Waals surface area contributed by atoms with Crippen LogP contribution in [0.15, 0.2) is 24.3 Å². The predicted molar refractivity (Wildman–Crippen MR) is 171 cm³/mol. The molecule has 0 saturated carbocycles. The number of hydrogen-bond donors (Lipinski definition) is 2. The lowest BCUT2D eigenvalue weighted by Crippen LogP contribution is -2.11. The molecule has 0 aromatic rings. The third kappa shape index (κ3) is 28.2. The summed E-state index contributed by atoms with van der Waals surface area (Å²) in [6, 6.07) is 0. The molecule has 0 fully saturated rings. The number of rotatable bonds is 31. The summed E-state index contributed by atoms with van der Waals surface area (Å²) in [6.07, 6.45) is 41.7. The molecule has 0 aliphatic rings. The van der Waals surface area contributed by atoms with Crippen molar-refractivity contribution in [2.75, 3.05) is 6.61 Å². The summed E-state index contributed by atoms with van der Waals surface area (Å²) in [6.45, 7) is 4.90. The second-order valence-corrected chi connectivity index (χ2v) is 11.9. The monoisotopic (exact) mass is 549 g/mol. The van der Waals surface area contributed by atoms with Crippen LogP contribution in [-0.2, 0) is 4.79 Å². The van der Waals surface area contributed by atoms with Gasteiger partial charge in [-0.15, -0.1) is 0 Å². The molecule has 2 atom stereocenters. The van der Waals surface area contributed by atoms with E-state index in [-0.39, 0.29) is 0 Å². The Hall–Kier alpha value is -1.09. The molecule has 2 N–H and O–H groups in total. The Kier molecular flexibility index (Phi) is 30.6. The summed E-state index contributed by atoms with van der Waals surface area (Å²) in [5.41, 5.74) is 0. The summed E-state index contributed by atoms with van der Waals surface area (Å²) < 4.78 is 0. The van der Waals surface area contributed by atoms with E-state index in [0.29, 0.717) is 24.9 Å². The van der Waals surface area contributed by atoms with Gasteiger partial charge in [-0.2, -0.15) is 0 Å². The van der Waals surface area contributed by atoms with Crippen LogP contribution >= 0.6 is 0 Å². The van der Waals surface area contributed by atoms with Crippen molar-refractivity contribution in [2.24, 2.45) is 11.8 Å². The SMILES string of the molecule is CCCCCCC/C=C/C(CCCCCCCCO)C(/C=C/CCCCCCC)CCCCCCCC(=O)O. The zero-order chi connectivity index (χ0) is 28.7. The first kappa shape index (κ1) is 37.9. The van der Waals surface area contributed by atoms with E-state index in [9.17, 15) is 4.79 Å². The van der Waals surface area contributed by atoms with Gasteiger partial charge in [-0.05, 0) is 63.2 Å². The van der Waals surface area contributed by atoms with Crippen LogP contribution in [0.1, 0.15) is 181 Å². The van der Waals surface area contributed by atoms with E-state index in [0.717, 1.165) is 32.1 Å². The molecular formula is C36H68O3. The van der Waals surface area contributed by atoms with E-state index in [1.807, 2.05) is 0 Å². The average molecular weight is 549 g/mol. The minimum atomic E-state index is -0.664. The quantitative estimate of drug-likeness (QED) is 0.0669. The Labute approximate surface area is 244 Å². The molecule has 0 spiro atoms. The highest BCUT2D eigenvalue weighted by Crippen LogP contribution is 2.28. The van der Waals surface area contributed by atoms with Gasteiger partial charge in [-0.25, -0.2) is 0 Å². The van der Waals surface area contributed by atoms with Gasteiger partial charge < -0.3 is 10.2 Å². The molecule has 3 nitrogen and oxygen atoms in total. The predicted octanol–water partition coefficient (Wildman–Crippen LogP) is 11.6. The number of hydrogen-bond acceptors (Lipinski definition) is 2. The lowest BCUT2D eigenvalue weighted by atomic mass is 9.82. The van der Waals surface area contributed by atoms with E-state index in [1.165, 1.54) is 128 Å². The smallest absolute Gasteiger partial charge is 0.303 e. The van der Waals surface area contributed by atoms with Crippen LogP contribution < -0.4 is 0 Å². The van der Waals surface area contributed by atoms with Crippen LogP contribution in [0.2, 0.25) is 0 Å². The van der Waals surface area contributed by atoms with Crippen LogP contribution in [0.5, 0.6) is 0 Å². The minimum absolute atomic E-state index is 0.314. The molecule has 0 aliphatic carbocycles. The number of allylic oxidation sites excluding steroid dienone is 4. The van der Waals surface area contributed by atoms with Gasteiger partial charge in [0.1, 0.15) is 0 Å². The Morgan fingerprint density at radius 2 is 0.923 bits per heavy atom. The number of unbranched alkanes of at least 4 members (excludes halogenated alkanes) is 19. The second kappa shape index (κ2) is 31.4. The van der Waals surface area contributed by atoms with E-state index < -0.39 is 5.97 Å². The van der Waals surface area contributed by atoms with E-state index >= 15 is 0 Å². The lowest BCUT2D eigenvalue weighted by Gasteiger charge is -2.23. The largest absolute Gasteiger partial charge is 0.481 e. The van der Waals surface area contributed by atoms with Crippen molar-refractivity contribution >= 4 is 5.97 Å². The zero-order valence-corrected chi connectivity index (χ0v) is 26.4. The van der Waals surface area contributed by atoms with Gasteiger partial charge in [-0.3, -0.25) is 4.79 Å². The molecule has 0 heterocycles. The van der Waals surface area contributed by atoms with Gasteiger partial charge in [0.2, 0.25) is 0 Å². The van der Waals surface area contributed by atoms with Crippen LogP contribution in [0.25, 0.3) is 0 Å². The molecule has 0 aromatic carbocycles. The molecule has 0 amide bonds. The maximum Gasteiger partial charge on any atom is 0.303 e. The van der Waals surface area contributed by atoms with Crippen LogP contribution in [0.3, 0.4) is 0 Å². The van der Waals surface area contributed by atoms with E-state index in [2.05, 4.69) is 38.2 Å². The number of aliphatic carboxylic acids is 1. The average Bonchev–Trinajstić information content (AvgIpc) is 2.93. The summed E-state index contributed by atoms with van der Waals surface area (Å²) in [7, 11) is 0. The van der Waals surface area contributed by atoms with Crippen LogP contribution in [0.4, 0.5) is 0 Å². The first-order valence-corrected chi connectivity index (χ1v) is 17.3. The van der Waals surface area contributed by atoms with Gasteiger partial charge in [-0.1, -0.05) is 147 Å². The number of aliphatic hydroxyl groups excluding tert-OH is 1. The third-order valence-corrected chi connectivity index (χ3v) is 8.14. The number of aliphatic hydroxyl groups is 1. The molecule has 2 unspecified atom stereocenters. The van der Waals surface area contributed by atoms with Crippen LogP contribution in [-0.4, -0.2) is 22.8 Å². The van der Waals surface area contributed by atoms with Crippen molar-refractivity contribution in [1.29, 1.82) is 0 Å². The Morgan fingerprint density at radius 3 is 1.36 bits per heavy atom. The molecule has 3 heteroatoms. The van der Waals surface area contributed by atoms with Crippen molar-refractivity contribution < 1.29 is 15.0 Å². The summed E-state index contributed by atoms with van der Waals surface area (Å²) in [5.74, 6) is 0.607. The first-order chi connectivity index (χ1) is 19.2. The van der Waals surface area contributed by atoms with Gasteiger partial charge in [0.05, 0.1) is 0 Å². The maximum atomic E-state index is 10.8. The molecule has 0 aromatic heterocycles. The number of carboxylic acid groups (broad SMARTS) is 1. The Bertz CT molecular complexity index is 554. The highest BCUT2D eigenvalue weighted by Gasteiger charge is 2.16. The van der Waals surface area contributed by atoms with Crippen molar-refractivity contribution in [3.8, 4) is 0 Å². The standard InChI is InChI=1S/C36H68O3/c1-3-5-7-9-11-16-22-28-34(30-24-18-13-14-21-27-33-37)35(29-23-17-12-10-8-6-4-2)31-25-19-15-20-26-32-36(38)39/h22-23,28-29,34-35,37H,3-21,24-27,30-33H2,1-2H3,(H,38,39)/b28-22+,29-23+. The van der Waals surface area contributed by atoms with Gasteiger partial charge in [0, 0.05) is 13.0 Å². The Balaban J connectivity index is 4.95. The summed E-state index contributed by atoms with van der Waals surface area (Å²) in [4.78, 5) is 10.8. The fraction of sp³-hybridized carbons (Fsp3) is 0.861. The van der Waals surface area contributed by atoms with Gasteiger partial charge in [0.25, 0.3) is 0 Å². The number of carboxylic acids is 1. The molecule has 39 heavy (non-hydrogen) atoms. The fourth-order valence-electron chi connectivity index (χ4n) is 5.57. The lowest BCUT2D eigenvalue weighted by molar-refractivity contribution is -0.137. The van der Waals surface area contributed by atoms with Crippen molar-refractivity contribution in [2.45, 2.75) is 181 Å². The zero-order valence-electron chi connectivity index (χ0n) is 26.4. The van der Waals surface area contributed by atoms with E-state index in [4.69, 9.17) is 10.2 Å². The molecule has 0 rings (SSSR count). The normalized spacial score (nSPS) is 13.5. The molecule has 0 radical (unpaired) electrons. The van der Waals surface area contributed by atoms with Crippen molar-refractivity contribution in [1.82, 2.24) is 0 Å². The van der Waals surface area contributed by atoms with Gasteiger partial charge >= 0.3 is 5.97 Å². The molecule has 230 valence electrons. The highest BCUT2D eigenvalue weighted by atomic mass is 16.4. The minimum Gasteiger partial charge on any atom is -0.481 e. The second-order valence-electron chi connectivity index (χ2n) is 11.9. The highest BCUT2D eigenvalue weighted by molar-refractivity contribution is 5.66. The number of carbonyl (C=O) groups is 1. The van der Waals surface area contributed by atoms with Crippen LogP contribution in [0, 0.1) is 11.8 Å². The molecule has 0 saturated heterocycles. The van der Waals surface area contributed by atoms with Crippen molar-refractivity contribution in [3.05, 3.63) is 24.3 Å². The molecule has 0 bridgehead atoms. The summed E-state index contributed by atoms with van der Waals surface area (Å²) >= 11 is 0. The molecule has 0 aliphatic heterocycles. The molecular weight excluding hydrogens is 480 g/mol. The van der Waals surface area contributed by atoms with Gasteiger partial charge in [0.15, 0.2) is 0 Å². The van der Waals surface area contributed by atoms with E-state index in [1.54, 1.807) is 0 Å². The van der Waals surface area contributed by atoms with Crippen molar-refractivity contribution in [3.63, 3.8) is 0 Å². The summed E-state index contributed by atoms with van der Waals surface area (Å²) in [5, 5.41) is 17.9.